The van der Waals surface area contributed by atoms with Gasteiger partial charge in [-0.25, -0.2) is 0 Å². The Morgan fingerprint density at radius 3 is 1.75 bits per heavy atom. The Balaban J connectivity index is 0. The first-order valence-electron chi connectivity index (χ1n) is 0.365. The van der Waals surface area contributed by atoms with E-state index in [1.165, 1.54) is 0 Å². The maximum Gasteiger partial charge on any atom is 1.00 e. The fourth-order valence-corrected chi connectivity index (χ4v) is 0. The summed E-state index contributed by atoms with van der Waals surface area (Å²) in [6.07, 6.45) is 0. The second kappa shape index (κ2) is 9.07. The van der Waals surface area contributed by atoms with Gasteiger partial charge in [0.1, 0.15) is 0 Å². The van der Waals surface area contributed by atoms with Crippen LogP contribution in [0.3, 0.4) is 0 Å². The number of hydrogen-bond donors (Lipinski definition) is 0. The van der Waals surface area contributed by atoms with Crippen LogP contribution in [0.25, 0.3) is 0 Å². The molecule has 0 fully saturated rings. The largest absolute Gasteiger partial charge is 1.00 e. The quantitative estimate of drug-likeness (QED) is 0.297. The summed E-state index contributed by atoms with van der Waals surface area (Å²) in [6.45, 7) is 0. The van der Waals surface area contributed by atoms with E-state index in [1.54, 1.807) is 0 Å². The van der Waals surface area contributed by atoms with E-state index in [0.717, 1.165) is 0 Å². The Morgan fingerprint density at radius 2 is 1.75 bits per heavy atom. The number of hydrogen-bond acceptors (Lipinski definition) is 2. The summed E-state index contributed by atoms with van der Waals surface area (Å²) in [5.74, 6) is 0. The molecular weight excluding hydrogens is 114 g/mol. The van der Waals surface area contributed by atoms with Crippen molar-refractivity contribution < 1.29 is 26.7 Å². The van der Waals surface area contributed by atoms with Crippen molar-refractivity contribution in [3.63, 3.8) is 0 Å². The standard InChI is InChI=1S/AsHO2.Li/c2-1-3;/h(H,2,3);/q;+1/p-1. The van der Waals surface area contributed by atoms with Gasteiger partial charge in [0.2, 0.25) is 0 Å². The van der Waals surface area contributed by atoms with Crippen LogP contribution in [-0.2, 0) is 3.74 Å². The Hall–Kier alpha value is 0.916. The summed E-state index contributed by atoms with van der Waals surface area (Å²) in [6, 6.07) is 0. The minimum Gasteiger partial charge on any atom is 1.00 e. The first-order valence-corrected chi connectivity index (χ1v) is 1.90. The van der Waals surface area contributed by atoms with Gasteiger partial charge in [-0.05, 0) is 0 Å². The van der Waals surface area contributed by atoms with Crippen LogP contribution < -0.4 is 23.0 Å². The molecule has 0 aliphatic heterocycles. The van der Waals surface area contributed by atoms with Crippen molar-refractivity contribution in [2.24, 2.45) is 0 Å². The molecule has 2 nitrogen and oxygen atoms in total. The molecule has 0 aromatic carbocycles. The van der Waals surface area contributed by atoms with Crippen LogP contribution in [0.5, 0.6) is 0 Å². The van der Waals surface area contributed by atoms with Crippen LogP contribution in [0, 0.1) is 0 Å². The molecule has 0 saturated heterocycles. The van der Waals surface area contributed by atoms with Gasteiger partial charge in [-0.2, -0.15) is 0 Å². The molecule has 4 heavy (non-hydrogen) atoms. The van der Waals surface area contributed by atoms with Crippen LogP contribution in [0.2, 0.25) is 0 Å². The Kier molecular flexibility index (Phi) is 20.1. The van der Waals surface area contributed by atoms with E-state index in [9.17, 15) is 0 Å². The molecule has 0 aliphatic carbocycles. The average Bonchev–Trinajstić information content (AvgIpc) is 0.918. The van der Waals surface area contributed by atoms with Crippen LogP contribution in [0.1, 0.15) is 0 Å². The van der Waals surface area contributed by atoms with Crippen LogP contribution in [-0.4, -0.2) is 16.0 Å². The molecule has 0 atom stereocenters. The molecule has 0 amide bonds. The molecule has 0 N–H and O–H groups in total. The molecule has 0 unspecified atom stereocenters. The van der Waals surface area contributed by atoms with Crippen LogP contribution in [0.15, 0.2) is 0 Å². The van der Waals surface area contributed by atoms with E-state index in [4.69, 9.17) is 7.84 Å². The summed E-state index contributed by atoms with van der Waals surface area (Å²) >= 11 is -1.81. The molecule has 0 aliphatic rings. The van der Waals surface area contributed by atoms with Gasteiger partial charge in [0.15, 0.2) is 0 Å². The van der Waals surface area contributed by atoms with Gasteiger partial charge < -0.3 is 0 Å². The Morgan fingerprint density at radius 1 is 1.75 bits per heavy atom. The molecule has 4 heteroatoms. The van der Waals surface area contributed by atoms with Gasteiger partial charge in [0.25, 0.3) is 0 Å². The van der Waals surface area contributed by atoms with E-state index < -0.39 is 16.0 Å². The maximum atomic E-state index is 8.47. The fraction of sp³-hybridized carbons (Fsp3) is 0. The fourth-order valence-electron chi connectivity index (χ4n) is 0. The van der Waals surface area contributed by atoms with Crippen molar-refractivity contribution in [2.75, 3.05) is 0 Å². The topological polar surface area (TPSA) is 40.1 Å². The van der Waals surface area contributed by atoms with Crippen LogP contribution in [0.4, 0.5) is 0 Å². The normalized spacial score (nSPS) is 5.25. The average molecular weight is 114 g/mol. The van der Waals surface area contributed by atoms with E-state index >= 15 is 0 Å². The predicted octanol–water partition coefficient (Wildman–Crippen LogP) is -4.68. The molecule has 18 valence electrons. The minimum absolute atomic E-state index is 0. The summed E-state index contributed by atoms with van der Waals surface area (Å²) in [5, 5.41) is 0. The van der Waals surface area contributed by atoms with Crippen molar-refractivity contribution in [1.29, 1.82) is 0 Å². The van der Waals surface area contributed by atoms with Crippen molar-refractivity contribution in [1.82, 2.24) is 0 Å². The molecule has 0 rings (SSSR count). The molecule has 0 saturated carbocycles. The smallest absolute Gasteiger partial charge is 1.00 e. The first kappa shape index (κ1) is 8.87. The van der Waals surface area contributed by atoms with E-state index in [2.05, 4.69) is 0 Å². The van der Waals surface area contributed by atoms with Gasteiger partial charge in [-0.15, -0.1) is 0 Å². The first-order chi connectivity index (χ1) is 1.41. The van der Waals surface area contributed by atoms with Crippen molar-refractivity contribution >= 4 is 16.0 Å². The van der Waals surface area contributed by atoms with Crippen LogP contribution >= 0.6 is 0 Å². The monoisotopic (exact) mass is 114 g/mol. The summed E-state index contributed by atoms with van der Waals surface area (Å²) in [4.78, 5) is 0. The third-order valence-corrected chi connectivity index (χ3v) is 0. The predicted molar refractivity (Wildman–Crippen MR) is 6.44 cm³/mol. The maximum absolute atomic E-state index is 8.47. The second-order valence-electron chi connectivity index (χ2n) is 0.0745. The minimum atomic E-state index is -1.81. The third-order valence-electron chi connectivity index (χ3n) is 0. The van der Waals surface area contributed by atoms with Crippen molar-refractivity contribution in [2.45, 2.75) is 0 Å². The summed E-state index contributed by atoms with van der Waals surface area (Å²) < 4.78 is 16.9. The van der Waals surface area contributed by atoms with Crippen molar-refractivity contribution in [3.8, 4) is 0 Å². The van der Waals surface area contributed by atoms with Gasteiger partial charge in [-0.3, -0.25) is 0 Å². The Bertz CT molecular complexity index is 13.5. The van der Waals surface area contributed by atoms with Gasteiger partial charge >= 0.3 is 42.7 Å². The zero-order valence-corrected chi connectivity index (χ0v) is 4.14. The number of rotatable bonds is 0. The summed E-state index contributed by atoms with van der Waals surface area (Å²) in [7, 11) is 0. The van der Waals surface area contributed by atoms with E-state index in [0.29, 0.717) is 0 Å². The molecule has 0 spiro atoms. The SMILES string of the molecule is O=[As][O-].[Li+]. The third kappa shape index (κ3) is 12.8. The van der Waals surface area contributed by atoms with E-state index in [1.807, 2.05) is 0 Å². The zero-order chi connectivity index (χ0) is 2.71. The molecule has 0 bridgehead atoms. The summed E-state index contributed by atoms with van der Waals surface area (Å²) in [5.41, 5.74) is 0. The molecule has 0 aromatic heterocycles. The van der Waals surface area contributed by atoms with E-state index in [-0.39, 0.29) is 18.9 Å². The zero-order valence-electron chi connectivity index (χ0n) is 2.26. The van der Waals surface area contributed by atoms with Gasteiger partial charge in [-0.1, -0.05) is 0 Å². The van der Waals surface area contributed by atoms with Crippen molar-refractivity contribution in [3.05, 3.63) is 0 Å². The molecular formula is AsLiO2. The molecule has 0 heterocycles. The van der Waals surface area contributed by atoms with Gasteiger partial charge in [0, 0.05) is 0 Å². The molecule has 0 aromatic rings. The second-order valence-corrected chi connectivity index (χ2v) is 0.387. The molecule has 0 radical (unpaired) electrons. The van der Waals surface area contributed by atoms with Gasteiger partial charge in [0.05, 0.1) is 0 Å². The Labute approximate surface area is 43.0 Å².